The zero-order valence-corrected chi connectivity index (χ0v) is 10.5. The number of carbonyl (C=O) groups excluding carboxylic acids is 1. The summed E-state index contributed by atoms with van der Waals surface area (Å²) in [5.74, 6) is -0.329. The van der Waals surface area contributed by atoms with Gasteiger partial charge in [-0.15, -0.1) is 0 Å². The average Bonchev–Trinajstić information content (AvgIpc) is 2.27. The van der Waals surface area contributed by atoms with Crippen molar-refractivity contribution in [2.75, 3.05) is 6.54 Å². The average molecular weight is 238 g/mol. The Morgan fingerprint density at radius 3 is 2.35 bits per heavy atom. The molecule has 2 N–H and O–H groups in total. The van der Waals surface area contributed by atoms with Gasteiger partial charge in [0, 0.05) is 6.04 Å². The molecule has 1 aromatic carbocycles. The Hall–Kier alpha value is -1.42. The maximum absolute atomic E-state index is 12.7. The zero-order valence-electron chi connectivity index (χ0n) is 10.5. The second-order valence-corrected chi connectivity index (χ2v) is 4.38. The molecular weight excluding hydrogens is 219 g/mol. The minimum Gasteiger partial charge on any atom is -0.348 e. The Labute approximate surface area is 101 Å². The molecule has 0 heterocycles. The second-order valence-electron chi connectivity index (χ2n) is 4.38. The molecule has 0 radical (unpaired) electrons. The minimum atomic E-state index is -0.270. The Balaban J connectivity index is 2.46. The van der Waals surface area contributed by atoms with Gasteiger partial charge in [-0.3, -0.25) is 4.79 Å². The molecule has 0 fully saturated rings. The molecule has 94 valence electrons. The van der Waals surface area contributed by atoms with Crippen LogP contribution >= 0.6 is 0 Å². The number of amides is 1. The van der Waals surface area contributed by atoms with Crippen LogP contribution in [0.5, 0.6) is 0 Å². The molecule has 1 rings (SSSR count). The van der Waals surface area contributed by atoms with Crippen LogP contribution in [0.4, 0.5) is 4.39 Å². The van der Waals surface area contributed by atoms with E-state index in [2.05, 4.69) is 10.6 Å². The van der Waals surface area contributed by atoms with Crippen molar-refractivity contribution in [1.29, 1.82) is 0 Å². The normalized spacial score (nSPS) is 12.5. The largest absolute Gasteiger partial charge is 0.348 e. The second kappa shape index (κ2) is 6.35. The summed E-state index contributed by atoms with van der Waals surface area (Å²) in [6, 6.07) is 6.31. The van der Waals surface area contributed by atoms with Gasteiger partial charge in [0.15, 0.2) is 0 Å². The highest BCUT2D eigenvalue weighted by Gasteiger charge is 2.09. The van der Waals surface area contributed by atoms with Crippen LogP contribution in [0.2, 0.25) is 0 Å². The summed E-state index contributed by atoms with van der Waals surface area (Å²) in [4.78, 5) is 11.6. The van der Waals surface area contributed by atoms with E-state index in [1.54, 1.807) is 12.1 Å². The number of rotatable bonds is 5. The molecule has 1 atom stereocenters. The molecule has 1 aromatic rings. The summed E-state index contributed by atoms with van der Waals surface area (Å²) in [6.45, 7) is 6.14. The highest BCUT2D eigenvalue weighted by atomic mass is 19.1. The molecule has 0 aliphatic rings. The Morgan fingerprint density at radius 2 is 1.82 bits per heavy atom. The minimum absolute atomic E-state index is 0.0597. The zero-order chi connectivity index (χ0) is 12.8. The van der Waals surface area contributed by atoms with Crippen LogP contribution in [0.15, 0.2) is 24.3 Å². The molecule has 0 unspecified atom stereocenters. The van der Waals surface area contributed by atoms with Crippen LogP contribution in [0, 0.1) is 5.82 Å². The number of halogens is 1. The van der Waals surface area contributed by atoms with Gasteiger partial charge in [0.2, 0.25) is 5.91 Å². The van der Waals surface area contributed by atoms with Gasteiger partial charge in [0.05, 0.1) is 12.6 Å². The SMILES string of the molecule is CC(C)NCC(=O)N[C@@H](C)c1ccc(F)cc1. The Bertz CT molecular complexity index is 362. The molecular formula is C13H19FN2O. The summed E-state index contributed by atoms with van der Waals surface area (Å²) in [7, 11) is 0. The number of hydrogen-bond acceptors (Lipinski definition) is 2. The van der Waals surface area contributed by atoms with Crippen molar-refractivity contribution in [1.82, 2.24) is 10.6 Å². The van der Waals surface area contributed by atoms with Crippen LogP contribution in [0.3, 0.4) is 0 Å². The van der Waals surface area contributed by atoms with Gasteiger partial charge < -0.3 is 10.6 Å². The number of nitrogens with one attached hydrogen (secondary N) is 2. The van der Waals surface area contributed by atoms with E-state index >= 15 is 0 Å². The van der Waals surface area contributed by atoms with Crippen molar-refractivity contribution < 1.29 is 9.18 Å². The first-order valence-corrected chi connectivity index (χ1v) is 5.77. The first-order chi connectivity index (χ1) is 7.99. The van der Waals surface area contributed by atoms with E-state index in [4.69, 9.17) is 0 Å². The quantitative estimate of drug-likeness (QED) is 0.823. The summed E-state index contributed by atoms with van der Waals surface area (Å²) >= 11 is 0. The van der Waals surface area contributed by atoms with E-state index in [1.807, 2.05) is 20.8 Å². The molecule has 0 aliphatic heterocycles. The van der Waals surface area contributed by atoms with Crippen LogP contribution in [-0.4, -0.2) is 18.5 Å². The van der Waals surface area contributed by atoms with Gasteiger partial charge in [-0.2, -0.15) is 0 Å². The number of carbonyl (C=O) groups is 1. The fourth-order valence-electron chi connectivity index (χ4n) is 1.42. The van der Waals surface area contributed by atoms with Gasteiger partial charge in [-0.05, 0) is 24.6 Å². The van der Waals surface area contributed by atoms with E-state index in [-0.39, 0.29) is 23.8 Å². The van der Waals surface area contributed by atoms with Crippen LogP contribution < -0.4 is 10.6 Å². The molecule has 17 heavy (non-hydrogen) atoms. The monoisotopic (exact) mass is 238 g/mol. The highest BCUT2D eigenvalue weighted by molar-refractivity contribution is 5.78. The third-order valence-corrected chi connectivity index (χ3v) is 2.42. The Kier molecular flexibility index (Phi) is 5.10. The van der Waals surface area contributed by atoms with Crippen molar-refractivity contribution >= 4 is 5.91 Å². The molecule has 0 aliphatic carbocycles. The summed E-state index contributed by atoms with van der Waals surface area (Å²) < 4.78 is 12.7. The molecule has 0 saturated heterocycles. The topological polar surface area (TPSA) is 41.1 Å². The fraction of sp³-hybridized carbons (Fsp3) is 0.462. The van der Waals surface area contributed by atoms with Crippen molar-refractivity contribution in [3.63, 3.8) is 0 Å². The fourth-order valence-corrected chi connectivity index (χ4v) is 1.42. The van der Waals surface area contributed by atoms with Crippen molar-refractivity contribution in [2.24, 2.45) is 0 Å². The summed E-state index contributed by atoms with van der Waals surface area (Å²) in [5, 5.41) is 5.89. The van der Waals surface area contributed by atoms with Gasteiger partial charge in [0.25, 0.3) is 0 Å². The molecule has 0 saturated carbocycles. The van der Waals surface area contributed by atoms with Crippen LogP contribution in [-0.2, 0) is 4.79 Å². The van der Waals surface area contributed by atoms with Crippen molar-refractivity contribution in [3.8, 4) is 0 Å². The van der Waals surface area contributed by atoms with E-state index in [9.17, 15) is 9.18 Å². The molecule has 4 heteroatoms. The maximum atomic E-state index is 12.7. The standard InChI is InChI=1S/C13H19FN2O/c1-9(2)15-8-13(17)16-10(3)11-4-6-12(14)7-5-11/h4-7,9-10,15H,8H2,1-3H3,(H,16,17)/t10-/m0/s1. The van der Waals surface area contributed by atoms with Gasteiger partial charge in [0.1, 0.15) is 5.82 Å². The lowest BCUT2D eigenvalue weighted by molar-refractivity contribution is -0.121. The van der Waals surface area contributed by atoms with E-state index in [0.717, 1.165) is 5.56 Å². The van der Waals surface area contributed by atoms with E-state index in [1.165, 1.54) is 12.1 Å². The number of hydrogen-bond donors (Lipinski definition) is 2. The first-order valence-electron chi connectivity index (χ1n) is 5.77. The van der Waals surface area contributed by atoms with Crippen molar-refractivity contribution in [3.05, 3.63) is 35.6 Å². The van der Waals surface area contributed by atoms with Gasteiger partial charge >= 0.3 is 0 Å². The van der Waals surface area contributed by atoms with Gasteiger partial charge in [-0.25, -0.2) is 4.39 Å². The maximum Gasteiger partial charge on any atom is 0.234 e. The Morgan fingerprint density at radius 1 is 1.24 bits per heavy atom. The van der Waals surface area contributed by atoms with Crippen LogP contribution in [0.1, 0.15) is 32.4 Å². The summed E-state index contributed by atoms with van der Waals surface area (Å²) in [6.07, 6.45) is 0. The molecule has 0 aromatic heterocycles. The summed E-state index contributed by atoms with van der Waals surface area (Å²) in [5.41, 5.74) is 0.893. The van der Waals surface area contributed by atoms with E-state index < -0.39 is 0 Å². The van der Waals surface area contributed by atoms with Crippen molar-refractivity contribution in [2.45, 2.75) is 32.9 Å². The molecule has 0 spiro atoms. The predicted octanol–water partition coefficient (Wildman–Crippen LogP) is 2.00. The van der Waals surface area contributed by atoms with E-state index in [0.29, 0.717) is 6.54 Å². The molecule has 3 nitrogen and oxygen atoms in total. The van der Waals surface area contributed by atoms with Crippen LogP contribution in [0.25, 0.3) is 0 Å². The lowest BCUT2D eigenvalue weighted by Gasteiger charge is -2.15. The first kappa shape index (κ1) is 13.6. The van der Waals surface area contributed by atoms with Gasteiger partial charge in [-0.1, -0.05) is 26.0 Å². The lowest BCUT2D eigenvalue weighted by atomic mass is 10.1. The predicted molar refractivity (Wildman–Crippen MR) is 66.1 cm³/mol. The lowest BCUT2D eigenvalue weighted by Crippen LogP contribution is -2.37. The highest BCUT2D eigenvalue weighted by Crippen LogP contribution is 2.12. The molecule has 1 amide bonds. The molecule has 0 bridgehead atoms. The third-order valence-electron chi connectivity index (χ3n) is 2.42. The smallest absolute Gasteiger partial charge is 0.234 e. The number of benzene rings is 1. The third kappa shape index (κ3) is 4.95.